The summed E-state index contributed by atoms with van der Waals surface area (Å²) in [7, 11) is 0. The van der Waals surface area contributed by atoms with Crippen LogP contribution in [0.5, 0.6) is 0 Å². The van der Waals surface area contributed by atoms with Gasteiger partial charge in [-0.1, -0.05) is 38.1 Å². The van der Waals surface area contributed by atoms with E-state index in [-0.39, 0.29) is 23.4 Å². The lowest BCUT2D eigenvalue weighted by atomic mass is 10.1. The Balaban J connectivity index is 1.74. The first-order chi connectivity index (χ1) is 14.4. The first kappa shape index (κ1) is 23.0. The van der Waals surface area contributed by atoms with Crippen molar-refractivity contribution >= 4 is 23.4 Å². The second-order valence-electron chi connectivity index (χ2n) is 7.04. The van der Waals surface area contributed by atoms with Crippen LogP contribution in [0.25, 0.3) is 0 Å². The average molecular weight is 408 g/mol. The summed E-state index contributed by atoms with van der Waals surface area (Å²) in [4.78, 5) is 47.3. The van der Waals surface area contributed by atoms with Gasteiger partial charge in [-0.2, -0.15) is 0 Å². The van der Waals surface area contributed by atoms with Crippen LogP contribution in [0.3, 0.4) is 0 Å². The number of rotatable bonds is 11. The van der Waals surface area contributed by atoms with E-state index in [4.69, 9.17) is 0 Å². The molecule has 0 spiro atoms. The molecule has 0 unspecified atom stereocenters. The number of amides is 2. The van der Waals surface area contributed by atoms with Gasteiger partial charge in [-0.3, -0.25) is 19.2 Å². The number of benzene rings is 2. The monoisotopic (exact) mass is 408 g/mol. The zero-order valence-corrected chi connectivity index (χ0v) is 17.5. The summed E-state index contributed by atoms with van der Waals surface area (Å²) in [6.07, 6.45) is 1.74. The fourth-order valence-electron chi connectivity index (χ4n) is 2.81. The third-order valence-corrected chi connectivity index (χ3v) is 4.72. The van der Waals surface area contributed by atoms with E-state index in [9.17, 15) is 19.2 Å². The van der Waals surface area contributed by atoms with Crippen LogP contribution in [0.1, 0.15) is 58.5 Å². The van der Waals surface area contributed by atoms with E-state index in [0.717, 1.165) is 11.1 Å². The summed E-state index contributed by atoms with van der Waals surface area (Å²) in [5.41, 5.74) is 2.78. The average Bonchev–Trinajstić information content (AvgIpc) is 2.77. The van der Waals surface area contributed by atoms with Crippen molar-refractivity contribution in [2.45, 2.75) is 39.5 Å². The zero-order chi connectivity index (χ0) is 21.9. The molecule has 0 saturated carbocycles. The van der Waals surface area contributed by atoms with Crippen molar-refractivity contribution in [2.75, 3.05) is 13.1 Å². The van der Waals surface area contributed by atoms with Crippen molar-refractivity contribution in [3.05, 3.63) is 70.8 Å². The van der Waals surface area contributed by atoms with Crippen LogP contribution < -0.4 is 10.6 Å². The van der Waals surface area contributed by atoms with E-state index in [1.165, 1.54) is 0 Å². The van der Waals surface area contributed by atoms with Crippen LogP contribution in [0.4, 0.5) is 0 Å². The molecule has 2 amide bonds. The van der Waals surface area contributed by atoms with Gasteiger partial charge >= 0.3 is 0 Å². The summed E-state index contributed by atoms with van der Waals surface area (Å²) >= 11 is 0. The minimum absolute atomic E-state index is 0.159. The van der Waals surface area contributed by atoms with Crippen molar-refractivity contribution in [1.29, 1.82) is 0 Å². The number of hydrogen-bond acceptors (Lipinski definition) is 4. The van der Waals surface area contributed by atoms with Gasteiger partial charge < -0.3 is 10.6 Å². The third-order valence-electron chi connectivity index (χ3n) is 4.72. The minimum atomic E-state index is -0.234. The van der Waals surface area contributed by atoms with Gasteiger partial charge in [0, 0.05) is 49.9 Å². The van der Waals surface area contributed by atoms with Gasteiger partial charge in [-0.25, -0.2) is 0 Å². The van der Waals surface area contributed by atoms with Gasteiger partial charge in [0.15, 0.2) is 0 Å². The van der Waals surface area contributed by atoms with Crippen LogP contribution in [0.2, 0.25) is 0 Å². The van der Waals surface area contributed by atoms with Gasteiger partial charge in [0.2, 0.25) is 0 Å². The summed E-state index contributed by atoms with van der Waals surface area (Å²) in [6, 6.07) is 13.9. The highest BCUT2D eigenvalue weighted by Gasteiger charge is 2.08. The minimum Gasteiger partial charge on any atom is -0.350 e. The summed E-state index contributed by atoms with van der Waals surface area (Å²) < 4.78 is 0. The number of ketones is 2. The van der Waals surface area contributed by atoms with E-state index in [2.05, 4.69) is 10.6 Å². The van der Waals surface area contributed by atoms with Crippen molar-refractivity contribution in [3.8, 4) is 0 Å². The van der Waals surface area contributed by atoms with E-state index >= 15 is 0 Å². The van der Waals surface area contributed by atoms with Crippen molar-refractivity contribution in [2.24, 2.45) is 0 Å². The Morgan fingerprint density at radius 2 is 0.933 bits per heavy atom. The molecule has 0 aliphatic rings. The highest BCUT2D eigenvalue weighted by Crippen LogP contribution is 2.08. The second-order valence-corrected chi connectivity index (χ2v) is 7.04. The molecule has 0 radical (unpaired) electrons. The molecule has 0 fully saturated rings. The lowest BCUT2D eigenvalue weighted by Gasteiger charge is -2.08. The highest BCUT2D eigenvalue weighted by molar-refractivity contribution is 5.95. The van der Waals surface area contributed by atoms with Crippen LogP contribution in [0.15, 0.2) is 48.5 Å². The molecular weight excluding hydrogens is 380 g/mol. The maximum absolute atomic E-state index is 12.2. The Morgan fingerprint density at radius 3 is 1.23 bits per heavy atom. The molecule has 0 aliphatic carbocycles. The molecule has 0 bridgehead atoms. The Bertz CT molecular complexity index is 811. The number of nitrogens with one attached hydrogen (secondary N) is 2. The first-order valence-corrected chi connectivity index (χ1v) is 10.2. The van der Waals surface area contributed by atoms with E-state index < -0.39 is 0 Å². The lowest BCUT2D eigenvalue weighted by Crippen LogP contribution is -2.34. The fraction of sp³-hybridized carbons (Fsp3) is 0.333. The van der Waals surface area contributed by atoms with Crippen LogP contribution in [-0.4, -0.2) is 36.5 Å². The van der Waals surface area contributed by atoms with E-state index in [1.54, 1.807) is 48.5 Å². The first-order valence-electron chi connectivity index (χ1n) is 10.2. The molecule has 2 aromatic rings. The number of hydrogen-bond donors (Lipinski definition) is 2. The number of Topliss-reactive ketones (excluding diaryl/α,β-unsaturated/α-hetero) is 2. The van der Waals surface area contributed by atoms with Crippen LogP contribution in [0, 0.1) is 0 Å². The summed E-state index contributed by atoms with van der Waals surface area (Å²) in [5, 5.41) is 5.51. The summed E-state index contributed by atoms with van der Waals surface area (Å²) in [5.74, 6) is -0.149. The highest BCUT2D eigenvalue weighted by atomic mass is 16.2. The quantitative estimate of drug-likeness (QED) is 0.559. The van der Waals surface area contributed by atoms with E-state index in [0.29, 0.717) is 49.9 Å². The number of carbonyl (C=O) groups is 4. The van der Waals surface area contributed by atoms with Crippen molar-refractivity contribution < 1.29 is 19.2 Å². The van der Waals surface area contributed by atoms with E-state index in [1.807, 2.05) is 13.8 Å². The Kier molecular flexibility index (Phi) is 8.94. The maximum Gasteiger partial charge on any atom is 0.251 e. The molecule has 0 saturated heterocycles. The zero-order valence-electron chi connectivity index (χ0n) is 17.5. The summed E-state index contributed by atoms with van der Waals surface area (Å²) in [6.45, 7) is 4.24. The van der Waals surface area contributed by atoms with Gasteiger partial charge in [0.05, 0.1) is 0 Å². The molecule has 2 aromatic carbocycles. The Hall–Kier alpha value is -3.28. The molecule has 0 aliphatic heterocycles. The molecule has 158 valence electrons. The lowest BCUT2D eigenvalue weighted by molar-refractivity contribution is -0.118. The van der Waals surface area contributed by atoms with Gasteiger partial charge in [0.25, 0.3) is 11.8 Å². The van der Waals surface area contributed by atoms with Crippen molar-refractivity contribution in [3.63, 3.8) is 0 Å². The predicted octanol–water partition coefficient (Wildman–Crippen LogP) is 2.89. The normalized spacial score (nSPS) is 10.3. The van der Waals surface area contributed by atoms with Gasteiger partial charge in [-0.15, -0.1) is 0 Å². The molecule has 30 heavy (non-hydrogen) atoms. The molecule has 0 heterocycles. The molecular formula is C24H28N2O4. The molecule has 6 heteroatoms. The Morgan fingerprint density at radius 1 is 0.600 bits per heavy atom. The van der Waals surface area contributed by atoms with Gasteiger partial charge in [-0.05, 0) is 35.4 Å². The largest absolute Gasteiger partial charge is 0.350 e. The maximum atomic E-state index is 12.2. The fourth-order valence-corrected chi connectivity index (χ4v) is 2.81. The molecule has 0 atom stereocenters. The third kappa shape index (κ3) is 7.28. The molecule has 6 nitrogen and oxygen atoms in total. The molecule has 2 rings (SSSR count). The second kappa shape index (κ2) is 11.7. The number of carbonyl (C=O) groups excluding carboxylic acids is 4. The Labute approximate surface area is 177 Å². The standard InChI is InChI=1S/C24H28N2O4/c1-3-21(27)15-17-5-9-19(10-6-17)23(29)25-13-14-26-24(30)20-11-7-18(8-12-20)16-22(28)4-2/h5-12H,3-4,13-16H2,1-2H3,(H,25,29)(H,26,30). The van der Waals surface area contributed by atoms with Crippen molar-refractivity contribution in [1.82, 2.24) is 10.6 Å². The predicted molar refractivity (Wildman–Crippen MR) is 116 cm³/mol. The molecule has 2 N–H and O–H groups in total. The van der Waals surface area contributed by atoms with Crippen LogP contribution in [-0.2, 0) is 22.4 Å². The van der Waals surface area contributed by atoms with Crippen LogP contribution >= 0.6 is 0 Å². The molecule has 0 aromatic heterocycles. The topological polar surface area (TPSA) is 92.3 Å². The van der Waals surface area contributed by atoms with Gasteiger partial charge in [0.1, 0.15) is 11.6 Å². The smallest absolute Gasteiger partial charge is 0.251 e. The SMILES string of the molecule is CCC(=O)Cc1ccc(C(=O)NCCNC(=O)c2ccc(CC(=O)CC)cc2)cc1.